The standard InChI is InChI=1S/C11H20BrF3N2O/c12-2-5-16-3-1-4-17(7-6-16)8-9-18-10-11(13,14)15/h1-10H2. The lowest BCUT2D eigenvalue weighted by Gasteiger charge is -2.21. The summed E-state index contributed by atoms with van der Waals surface area (Å²) in [6.07, 6.45) is -3.16. The van der Waals surface area contributed by atoms with Crippen LogP contribution in [0.25, 0.3) is 0 Å². The molecule has 108 valence electrons. The molecule has 1 fully saturated rings. The molecule has 0 N–H and O–H groups in total. The van der Waals surface area contributed by atoms with Crippen LogP contribution in [0.3, 0.4) is 0 Å². The van der Waals surface area contributed by atoms with E-state index in [1.54, 1.807) is 0 Å². The van der Waals surface area contributed by atoms with Gasteiger partial charge >= 0.3 is 6.18 Å². The predicted molar refractivity (Wildman–Crippen MR) is 68.2 cm³/mol. The summed E-state index contributed by atoms with van der Waals surface area (Å²) in [6, 6.07) is 0. The SMILES string of the molecule is FC(F)(F)COCCN1CCCN(CCBr)CC1. The molecule has 0 aliphatic carbocycles. The predicted octanol–water partition coefficient (Wildman–Crippen LogP) is 1.97. The number of ether oxygens (including phenoxy) is 1. The van der Waals surface area contributed by atoms with E-state index in [0.29, 0.717) is 6.54 Å². The average Bonchev–Trinajstić information content (AvgIpc) is 2.50. The lowest BCUT2D eigenvalue weighted by atomic mass is 10.4. The highest BCUT2D eigenvalue weighted by molar-refractivity contribution is 9.09. The van der Waals surface area contributed by atoms with Gasteiger partial charge in [-0.15, -0.1) is 0 Å². The molecule has 0 radical (unpaired) electrons. The molecule has 18 heavy (non-hydrogen) atoms. The van der Waals surface area contributed by atoms with Crippen LogP contribution in [-0.2, 0) is 4.74 Å². The summed E-state index contributed by atoms with van der Waals surface area (Å²) in [7, 11) is 0. The third kappa shape index (κ3) is 7.56. The molecule has 0 aromatic heterocycles. The molecule has 0 aromatic carbocycles. The van der Waals surface area contributed by atoms with Crippen molar-refractivity contribution in [3.05, 3.63) is 0 Å². The minimum atomic E-state index is -4.22. The molecule has 7 heteroatoms. The van der Waals surface area contributed by atoms with Gasteiger partial charge in [-0.2, -0.15) is 13.2 Å². The van der Waals surface area contributed by atoms with Crippen molar-refractivity contribution in [3.8, 4) is 0 Å². The molecular weight excluding hydrogens is 313 g/mol. The molecule has 1 heterocycles. The van der Waals surface area contributed by atoms with E-state index in [4.69, 9.17) is 0 Å². The fraction of sp³-hybridized carbons (Fsp3) is 1.00. The first-order valence-corrected chi connectivity index (χ1v) is 7.28. The van der Waals surface area contributed by atoms with Crippen molar-refractivity contribution in [3.63, 3.8) is 0 Å². The fourth-order valence-corrected chi connectivity index (χ4v) is 2.47. The van der Waals surface area contributed by atoms with Crippen molar-refractivity contribution in [1.82, 2.24) is 9.80 Å². The van der Waals surface area contributed by atoms with Gasteiger partial charge in [0.25, 0.3) is 0 Å². The monoisotopic (exact) mass is 332 g/mol. The molecule has 0 saturated carbocycles. The summed E-state index contributed by atoms with van der Waals surface area (Å²) >= 11 is 3.41. The van der Waals surface area contributed by atoms with Crippen molar-refractivity contribution < 1.29 is 17.9 Å². The number of alkyl halides is 4. The Kier molecular flexibility index (Phi) is 7.51. The van der Waals surface area contributed by atoms with Gasteiger partial charge in [0.05, 0.1) is 6.61 Å². The first-order chi connectivity index (χ1) is 8.51. The van der Waals surface area contributed by atoms with E-state index >= 15 is 0 Å². The van der Waals surface area contributed by atoms with Crippen molar-refractivity contribution in [2.24, 2.45) is 0 Å². The molecule has 0 spiro atoms. The Morgan fingerprint density at radius 1 is 1.00 bits per heavy atom. The molecule has 3 nitrogen and oxygen atoms in total. The first-order valence-electron chi connectivity index (χ1n) is 6.16. The number of hydrogen-bond acceptors (Lipinski definition) is 3. The second-order valence-electron chi connectivity index (χ2n) is 4.39. The molecule has 1 aliphatic rings. The highest BCUT2D eigenvalue weighted by Gasteiger charge is 2.27. The maximum absolute atomic E-state index is 11.9. The lowest BCUT2D eigenvalue weighted by Crippen LogP contribution is -2.34. The molecule has 0 atom stereocenters. The second kappa shape index (κ2) is 8.35. The molecule has 1 aliphatic heterocycles. The van der Waals surface area contributed by atoms with Crippen LogP contribution in [0.2, 0.25) is 0 Å². The van der Waals surface area contributed by atoms with Crippen LogP contribution in [0.1, 0.15) is 6.42 Å². The quantitative estimate of drug-likeness (QED) is 0.546. The normalized spacial score (nSPS) is 20.0. The van der Waals surface area contributed by atoms with Gasteiger partial charge in [0.1, 0.15) is 6.61 Å². The van der Waals surface area contributed by atoms with E-state index in [-0.39, 0.29) is 6.61 Å². The van der Waals surface area contributed by atoms with Crippen molar-refractivity contribution in [2.45, 2.75) is 12.6 Å². The number of hydrogen-bond donors (Lipinski definition) is 0. The van der Waals surface area contributed by atoms with Gasteiger partial charge in [-0.25, -0.2) is 0 Å². The molecule has 0 bridgehead atoms. The summed E-state index contributed by atoms with van der Waals surface area (Å²) in [6.45, 7) is 4.50. The minimum Gasteiger partial charge on any atom is -0.371 e. The van der Waals surface area contributed by atoms with E-state index in [9.17, 15) is 13.2 Å². The zero-order chi connectivity index (χ0) is 13.4. The van der Waals surface area contributed by atoms with Gasteiger partial charge in [-0.3, -0.25) is 4.90 Å². The average molecular weight is 333 g/mol. The van der Waals surface area contributed by atoms with Crippen LogP contribution in [0.4, 0.5) is 13.2 Å². The molecule has 1 saturated heterocycles. The Balaban J connectivity index is 2.12. The van der Waals surface area contributed by atoms with Gasteiger partial charge in [0.2, 0.25) is 0 Å². The van der Waals surface area contributed by atoms with Crippen molar-refractivity contribution in [2.75, 3.05) is 57.8 Å². The number of halogens is 4. The zero-order valence-corrected chi connectivity index (χ0v) is 12.0. The van der Waals surface area contributed by atoms with E-state index in [2.05, 4.69) is 30.5 Å². The van der Waals surface area contributed by atoms with Gasteiger partial charge in [0.15, 0.2) is 0 Å². The van der Waals surface area contributed by atoms with E-state index in [1.807, 2.05) is 0 Å². The Labute approximate surface area is 114 Å². The topological polar surface area (TPSA) is 15.7 Å². The maximum atomic E-state index is 11.9. The van der Waals surface area contributed by atoms with Crippen LogP contribution in [-0.4, -0.2) is 73.8 Å². The highest BCUT2D eigenvalue weighted by atomic mass is 79.9. The van der Waals surface area contributed by atoms with Gasteiger partial charge < -0.3 is 9.64 Å². The molecule has 0 amide bonds. The molecule has 0 unspecified atom stereocenters. The minimum absolute atomic E-state index is 0.151. The zero-order valence-electron chi connectivity index (χ0n) is 10.4. The Morgan fingerprint density at radius 3 is 2.17 bits per heavy atom. The third-order valence-corrected chi connectivity index (χ3v) is 3.25. The molecule has 0 aromatic rings. The summed E-state index contributed by atoms with van der Waals surface area (Å²) < 4.78 is 40.2. The Morgan fingerprint density at radius 2 is 1.61 bits per heavy atom. The second-order valence-corrected chi connectivity index (χ2v) is 5.19. The first kappa shape index (κ1) is 16.2. The summed E-state index contributed by atoms with van der Waals surface area (Å²) in [4.78, 5) is 4.54. The number of rotatable bonds is 6. The van der Waals surface area contributed by atoms with Crippen LogP contribution >= 0.6 is 15.9 Å². The third-order valence-electron chi connectivity index (χ3n) is 2.90. The molecule has 1 rings (SSSR count). The largest absolute Gasteiger partial charge is 0.411 e. The van der Waals surface area contributed by atoms with Crippen LogP contribution < -0.4 is 0 Å². The summed E-state index contributed by atoms with van der Waals surface area (Å²) in [5.41, 5.74) is 0. The van der Waals surface area contributed by atoms with Crippen LogP contribution in [0.5, 0.6) is 0 Å². The highest BCUT2D eigenvalue weighted by Crippen LogP contribution is 2.14. The van der Waals surface area contributed by atoms with Crippen molar-refractivity contribution in [1.29, 1.82) is 0 Å². The van der Waals surface area contributed by atoms with Gasteiger partial charge in [0, 0.05) is 31.5 Å². The van der Waals surface area contributed by atoms with Gasteiger partial charge in [-0.05, 0) is 19.5 Å². The fourth-order valence-electron chi connectivity index (χ4n) is 1.97. The lowest BCUT2D eigenvalue weighted by molar-refractivity contribution is -0.174. The Bertz CT molecular complexity index is 229. The van der Waals surface area contributed by atoms with E-state index in [1.165, 1.54) is 0 Å². The maximum Gasteiger partial charge on any atom is 0.411 e. The summed E-state index contributed by atoms with van der Waals surface area (Å²) in [5.74, 6) is 0. The van der Waals surface area contributed by atoms with E-state index in [0.717, 1.165) is 44.5 Å². The van der Waals surface area contributed by atoms with Crippen LogP contribution in [0.15, 0.2) is 0 Å². The van der Waals surface area contributed by atoms with Crippen LogP contribution in [0, 0.1) is 0 Å². The Hall–Kier alpha value is 0.150. The van der Waals surface area contributed by atoms with Gasteiger partial charge in [-0.1, -0.05) is 15.9 Å². The number of nitrogens with zero attached hydrogens (tertiary/aromatic N) is 2. The summed E-state index contributed by atoms with van der Waals surface area (Å²) in [5, 5.41) is 0.960. The smallest absolute Gasteiger partial charge is 0.371 e. The molecular formula is C11H20BrF3N2O. The van der Waals surface area contributed by atoms with E-state index < -0.39 is 12.8 Å². The van der Waals surface area contributed by atoms with Crippen molar-refractivity contribution >= 4 is 15.9 Å².